The van der Waals surface area contributed by atoms with Crippen molar-refractivity contribution in [2.24, 2.45) is 0 Å². The van der Waals surface area contributed by atoms with E-state index in [2.05, 4.69) is 19.8 Å². The number of carbonyl (C=O) groups is 1. The Morgan fingerprint density at radius 3 is 2.45 bits per heavy atom. The van der Waals surface area contributed by atoms with Crippen molar-refractivity contribution in [2.45, 2.75) is 12.6 Å². The molecular formula is C21H24F3N5O2. The molecule has 0 aliphatic carbocycles. The summed E-state index contributed by atoms with van der Waals surface area (Å²) in [5, 5.41) is 0. The molecule has 1 aromatic heterocycles. The minimum Gasteiger partial charge on any atom is -0.378 e. The fourth-order valence-electron chi connectivity index (χ4n) is 3.76. The van der Waals surface area contributed by atoms with Crippen molar-refractivity contribution in [3.8, 4) is 0 Å². The smallest absolute Gasteiger partial charge is 0.378 e. The van der Waals surface area contributed by atoms with Crippen LogP contribution >= 0.6 is 0 Å². The molecule has 0 unspecified atom stereocenters. The van der Waals surface area contributed by atoms with Crippen LogP contribution in [0, 0.1) is 0 Å². The second kappa shape index (κ2) is 9.09. The monoisotopic (exact) mass is 435 g/mol. The van der Waals surface area contributed by atoms with Crippen molar-refractivity contribution >= 4 is 17.7 Å². The number of halogens is 3. The summed E-state index contributed by atoms with van der Waals surface area (Å²) >= 11 is 0. The largest absolute Gasteiger partial charge is 0.416 e. The highest BCUT2D eigenvalue weighted by molar-refractivity contribution is 5.79. The summed E-state index contributed by atoms with van der Waals surface area (Å²) in [6.45, 7) is 5.01. The maximum Gasteiger partial charge on any atom is 0.416 e. The molecule has 166 valence electrons. The minimum atomic E-state index is -4.41. The summed E-state index contributed by atoms with van der Waals surface area (Å²) in [4.78, 5) is 27.5. The molecule has 4 rings (SSSR count). The van der Waals surface area contributed by atoms with Crippen LogP contribution in [0.5, 0.6) is 0 Å². The van der Waals surface area contributed by atoms with Crippen molar-refractivity contribution in [2.75, 3.05) is 62.3 Å². The maximum absolute atomic E-state index is 12.9. The van der Waals surface area contributed by atoms with E-state index in [1.54, 1.807) is 17.2 Å². The lowest BCUT2D eigenvalue weighted by atomic mass is 10.1. The van der Waals surface area contributed by atoms with Gasteiger partial charge in [-0.2, -0.15) is 18.2 Å². The van der Waals surface area contributed by atoms with Crippen molar-refractivity contribution < 1.29 is 22.7 Å². The zero-order chi connectivity index (χ0) is 21.8. The number of hydrogen-bond donors (Lipinski definition) is 0. The van der Waals surface area contributed by atoms with Gasteiger partial charge in [0, 0.05) is 45.5 Å². The Morgan fingerprint density at radius 1 is 1.00 bits per heavy atom. The summed E-state index contributed by atoms with van der Waals surface area (Å²) in [6.07, 6.45) is -2.72. The van der Waals surface area contributed by atoms with E-state index in [0.717, 1.165) is 31.0 Å². The van der Waals surface area contributed by atoms with E-state index in [-0.39, 0.29) is 12.3 Å². The molecule has 1 aromatic carbocycles. The Bertz CT molecular complexity index is 910. The molecule has 7 nitrogen and oxygen atoms in total. The van der Waals surface area contributed by atoms with Crippen molar-refractivity contribution in [3.63, 3.8) is 0 Å². The fourth-order valence-corrected chi connectivity index (χ4v) is 3.76. The highest BCUT2D eigenvalue weighted by atomic mass is 19.4. The molecule has 2 saturated heterocycles. The number of alkyl halides is 3. The number of carbonyl (C=O) groups excluding carboxylic acids is 1. The van der Waals surface area contributed by atoms with E-state index < -0.39 is 11.7 Å². The molecule has 10 heteroatoms. The molecule has 0 N–H and O–H groups in total. The van der Waals surface area contributed by atoms with Gasteiger partial charge in [0.25, 0.3) is 0 Å². The SMILES string of the molecule is O=C(Cc1cccc(C(F)(F)F)c1)N1CCN(c2ccnc(N3CCOCC3)n2)CC1. The summed E-state index contributed by atoms with van der Waals surface area (Å²) in [5.74, 6) is 1.31. The number of nitrogens with zero attached hydrogens (tertiary/aromatic N) is 5. The molecular weight excluding hydrogens is 411 g/mol. The van der Waals surface area contributed by atoms with Gasteiger partial charge in [-0.1, -0.05) is 18.2 Å². The van der Waals surface area contributed by atoms with Gasteiger partial charge < -0.3 is 19.4 Å². The van der Waals surface area contributed by atoms with Gasteiger partial charge in [-0.3, -0.25) is 4.79 Å². The number of benzene rings is 1. The Kier molecular flexibility index (Phi) is 6.26. The molecule has 2 fully saturated rings. The zero-order valence-electron chi connectivity index (χ0n) is 17.0. The lowest BCUT2D eigenvalue weighted by Crippen LogP contribution is -2.49. The number of ether oxygens (including phenoxy) is 1. The lowest BCUT2D eigenvalue weighted by Gasteiger charge is -2.36. The number of amides is 1. The quantitative estimate of drug-likeness (QED) is 0.734. The third-order valence-electron chi connectivity index (χ3n) is 5.49. The van der Waals surface area contributed by atoms with Crippen LogP contribution in [0.25, 0.3) is 0 Å². The molecule has 2 aliphatic heterocycles. The first-order chi connectivity index (χ1) is 14.9. The fraction of sp³-hybridized carbons (Fsp3) is 0.476. The van der Waals surface area contributed by atoms with Crippen LogP contribution < -0.4 is 9.80 Å². The Balaban J connectivity index is 1.34. The average Bonchev–Trinajstić information content (AvgIpc) is 2.79. The first-order valence-electron chi connectivity index (χ1n) is 10.2. The number of anilines is 2. The van der Waals surface area contributed by atoms with Gasteiger partial charge >= 0.3 is 6.18 Å². The normalized spacial score (nSPS) is 17.7. The molecule has 1 amide bonds. The van der Waals surface area contributed by atoms with Gasteiger partial charge in [0.2, 0.25) is 11.9 Å². The first kappa shape index (κ1) is 21.4. The molecule has 2 aliphatic rings. The summed E-state index contributed by atoms with van der Waals surface area (Å²) in [6, 6.07) is 6.80. The van der Waals surface area contributed by atoms with Crippen LogP contribution in [-0.2, 0) is 22.1 Å². The van der Waals surface area contributed by atoms with Crippen LogP contribution in [0.4, 0.5) is 24.9 Å². The van der Waals surface area contributed by atoms with E-state index in [0.29, 0.717) is 50.9 Å². The third-order valence-corrected chi connectivity index (χ3v) is 5.49. The summed E-state index contributed by atoms with van der Waals surface area (Å²) in [5.41, 5.74) is -0.365. The number of aromatic nitrogens is 2. The van der Waals surface area contributed by atoms with E-state index in [4.69, 9.17) is 4.74 Å². The van der Waals surface area contributed by atoms with Gasteiger partial charge in [-0.05, 0) is 17.7 Å². The zero-order valence-corrected chi connectivity index (χ0v) is 17.0. The molecule has 0 saturated carbocycles. The van der Waals surface area contributed by atoms with Gasteiger partial charge in [0.15, 0.2) is 0 Å². The lowest BCUT2D eigenvalue weighted by molar-refractivity contribution is -0.138. The van der Waals surface area contributed by atoms with Crippen LogP contribution in [-0.4, -0.2) is 73.3 Å². The number of rotatable bonds is 4. The van der Waals surface area contributed by atoms with E-state index in [9.17, 15) is 18.0 Å². The van der Waals surface area contributed by atoms with Gasteiger partial charge in [0.05, 0.1) is 25.2 Å². The molecule has 31 heavy (non-hydrogen) atoms. The average molecular weight is 435 g/mol. The van der Waals surface area contributed by atoms with Crippen molar-refractivity contribution in [1.82, 2.24) is 14.9 Å². The molecule has 2 aromatic rings. The first-order valence-corrected chi connectivity index (χ1v) is 10.2. The van der Waals surface area contributed by atoms with Gasteiger partial charge in [-0.15, -0.1) is 0 Å². The van der Waals surface area contributed by atoms with Gasteiger partial charge in [-0.25, -0.2) is 4.98 Å². The molecule has 0 spiro atoms. The van der Waals surface area contributed by atoms with Crippen molar-refractivity contribution in [3.05, 3.63) is 47.7 Å². The number of piperazine rings is 1. The second-order valence-electron chi connectivity index (χ2n) is 7.56. The molecule has 0 radical (unpaired) electrons. The molecule has 3 heterocycles. The Labute approximate surface area is 178 Å². The highest BCUT2D eigenvalue weighted by Gasteiger charge is 2.31. The van der Waals surface area contributed by atoms with E-state index in [1.165, 1.54) is 6.07 Å². The van der Waals surface area contributed by atoms with E-state index >= 15 is 0 Å². The number of morpholine rings is 1. The third kappa shape index (κ3) is 5.25. The molecule has 0 bridgehead atoms. The summed E-state index contributed by atoms with van der Waals surface area (Å²) in [7, 11) is 0. The topological polar surface area (TPSA) is 61.8 Å². The summed E-state index contributed by atoms with van der Waals surface area (Å²) < 4.78 is 44.0. The second-order valence-corrected chi connectivity index (χ2v) is 7.56. The van der Waals surface area contributed by atoms with Crippen LogP contribution in [0.2, 0.25) is 0 Å². The van der Waals surface area contributed by atoms with Crippen molar-refractivity contribution in [1.29, 1.82) is 0 Å². The number of hydrogen-bond acceptors (Lipinski definition) is 6. The minimum absolute atomic E-state index is 0.0430. The predicted octanol–water partition coefficient (Wildman–Crippen LogP) is 2.22. The van der Waals surface area contributed by atoms with E-state index in [1.807, 2.05) is 6.07 Å². The van der Waals surface area contributed by atoms with Crippen LogP contribution in [0.3, 0.4) is 0 Å². The Hall–Kier alpha value is -2.88. The van der Waals surface area contributed by atoms with Gasteiger partial charge in [0.1, 0.15) is 5.82 Å². The van der Waals surface area contributed by atoms with Crippen LogP contribution in [0.15, 0.2) is 36.5 Å². The Morgan fingerprint density at radius 2 is 1.74 bits per heavy atom. The van der Waals surface area contributed by atoms with Crippen LogP contribution in [0.1, 0.15) is 11.1 Å². The maximum atomic E-state index is 12.9. The standard InChI is InChI=1S/C21H24F3N5O2/c22-21(23,24)17-3-1-2-16(14-17)15-19(30)28-8-6-27(7-9-28)18-4-5-25-20(26-18)29-10-12-31-13-11-29/h1-5,14H,6-13,15H2. The predicted molar refractivity (Wildman–Crippen MR) is 109 cm³/mol. The highest BCUT2D eigenvalue weighted by Crippen LogP contribution is 2.29. The molecule has 0 atom stereocenters.